The second kappa shape index (κ2) is 16.9. The third kappa shape index (κ3) is 9.48. The molecule has 0 bridgehead atoms. The number of anilines is 1. The summed E-state index contributed by atoms with van der Waals surface area (Å²) in [6.45, 7) is 11.7. The van der Waals surface area contributed by atoms with Crippen LogP contribution in [0.4, 0.5) is 11.4 Å². The molecule has 278 valence electrons. The van der Waals surface area contributed by atoms with Gasteiger partial charge >= 0.3 is 11.9 Å². The highest BCUT2D eigenvalue weighted by Gasteiger charge is 2.45. The van der Waals surface area contributed by atoms with E-state index >= 15 is 0 Å². The molecule has 0 amide bonds. The third-order valence-electron chi connectivity index (χ3n) is 9.78. The van der Waals surface area contributed by atoms with Gasteiger partial charge in [0.1, 0.15) is 6.54 Å². The smallest absolute Gasteiger partial charge is 0.303 e. The molecule has 0 unspecified atom stereocenters. The van der Waals surface area contributed by atoms with E-state index in [9.17, 15) is 22.6 Å². The molecule has 0 fully saturated rings. The minimum Gasteiger partial charge on any atom is -0.481 e. The molecule has 2 aromatic rings. The molecule has 0 aliphatic carbocycles. The van der Waals surface area contributed by atoms with Gasteiger partial charge in [0.25, 0.3) is 10.1 Å². The zero-order valence-corrected chi connectivity index (χ0v) is 31.5. The maximum atomic E-state index is 12.1. The van der Waals surface area contributed by atoms with Crippen LogP contribution in [0.5, 0.6) is 0 Å². The highest BCUT2D eigenvalue weighted by molar-refractivity contribution is 7.94. The van der Waals surface area contributed by atoms with E-state index in [0.717, 1.165) is 75.7 Å². The van der Waals surface area contributed by atoms with E-state index < -0.39 is 32.9 Å². The van der Waals surface area contributed by atoms with E-state index in [4.69, 9.17) is 19.8 Å². The molecule has 0 atom stereocenters. The van der Waals surface area contributed by atoms with Gasteiger partial charge in [-0.15, -0.1) is 4.33 Å². The molecule has 2 aliphatic rings. The summed E-state index contributed by atoms with van der Waals surface area (Å²) >= 11 is 0.895. The van der Waals surface area contributed by atoms with Crippen molar-refractivity contribution in [2.75, 3.05) is 18.0 Å². The number of allylic oxidation sites excluding steroid dienone is 4. The summed E-state index contributed by atoms with van der Waals surface area (Å²) in [4.78, 5) is 25.0. The van der Waals surface area contributed by atoms with Crippen LogP contribution in [-0.4, -0.2) is 63.8 Å². The molecule has 12 nitrogen and oxygen atoms in total. The van der Waals surface area contributed by atoms with Crippen molar-refractivity contribution < 1.29 is 52.0 Å². The summed E-state index contributed by atoms with van der Waals surface area (Å²) in [6, 6.07) is 10.6. The first kappa shape index (κ1) is 40.2. The molecule has 4 N–H and O–H groups in total. The van der Waals surface area contributed by atoms with Crippen molar-refractivity contribution in [3.05, 3.63) is 70.9 Å². The highest BCUT2D eigenvalue weighted by atomic mass is 32.2. The minimum atomic E-state index is -4.43. The Bertz CT molecular complexity index is 1830. The van der Waals surface area contributed by atoms with Crippen molar-refractivity contribution in [3.63, 3.8) is 0 Å². The monoisotopic (exact) mass is 745 g/mol. The molecular weight excluding hydrogens is 697 g/mol. The number of rotatable bonds is 19. The molecule has 0 radical (unpaired) electrons. The van der Waals surface area contributed by atoms with Crippen LogP contribution in [0.15, 0.2) is 69.6 Å². The first-order valence-electron chi connectivity index (χ1n) is 17.2. The average molecular weight is 746 g/mol. The van der Waals surface area contributed by atoms with Crippen LogP contribution in [0.2, 0.25) is 0 Å². The van der Waals surface area contributed by atoms with E-state index in [2.05, 4.69) is 47.4 Å². The minimum absolute atomic E-state index is 0.0977. The Morgan fingerprint density at radius 1 is 0.902 bits per heavy atom. The predicted octanol–water partition coefficient (Wildman–Crippen LogP) is 8.05. The van der Waals surface area contributed by atoms with E-state index in [-0.39, 0.29) is 17.7 Å². The van der Waals surface area contributed by atoms with Gasteiger partial charge < -0.3 is 15.1 Å². The first-order chi connectivity index (χ1) is 24.0. The number of fused-ring (bicyclic) bond motifs is 2. The summed E-state index contributed by atoms with van der Waals surface area (Å²) < 4.78 is 41.1. The Morgan fingerprint density at radius 2 is 1.57 bits per heavy atom. The molecule has 0 saturated carbocycles. The van der Waals surface area contributed by atoms with Gasteiger partial charge in [-0.25, -0.2) is 5.26 Å². The lowest BCUT2D eigenvalue weighted by Gasteiger charge is -2.28. The predicted molar refractivity (Wildman–Crippen MR) is 195 cm³/mol. The molecule has 2 heterocycles. The molecule has 51 heavy (non-hydrogen) atoms. The summed E-state index contributed by atoms with van der Waals surface area (Å²) in [5.74, 6) is -1.64. The van der Waals surface area contributed by atoms with Gasteiger partial charge in [-0.2, -0.15) is 13.0 Å². The average Bonchev–Trinajstić information content (AvgIpc) is 3.40. The van der Waals surface area contributed by atoms with Crippen LogP contribution in [0, 0.1) is 0 Å². The fraction of sp³-hybridized carbons (Fsp3) is 0.486. The molecule has 2 aliphatic heterocycles. The lowest BCUT2D eigenvalue weighted by Crippen LogP contribution is -2.29. The summed E-state index contributed by atoms with van der Waals surface area (Å²) in [5, 5.41) is 30.8. The third-order valence-corrected chi connectivity index (χ3v) is 11.2. The van der Waals surface area contributed by atoms with Crippen LogP contribution < -0.4 is 4.90 Å². The number of unbranched alkanes of at least 4 members (excludes halogenated alkanes) is 4. The zero-order chi connectivity index (χ0) is 37.6. The summed E-state index contributed by atoms with van der Waals surface area (Å²) in [6.07, 6.45) is 9.41. The zero-order valence-electron chi connectivity index (χ0n) is 29.8. The van der Waals surface area contributed by atoms with Gasteiger partial charge in [0.15, 0.2) is 5.71 Å². The quantitative estimate of drug-likeness (QED) is 0.0273. The Morgan fingerprint density at radius 3 is 2.18 bits per heavy atom. The van der Waals surface area contributed by atoms with Gasteiger partial charge in [0.05, 0.1) is 22.4 Å². The van der Waals surface area contributed by atoms with Crippen molar-refractivity contribution in [1.29, 1.82) is 0 Å². The SMILES string of the molecule is CCC(=C\C1=[N+](CCCCCC(=O)O)c2ccc(SOOO)cc2C1(C)C)/C=C1/N(CCCCCC(=O)O)c2ccc(S(=O)(=O)O)cc2C1(C)C. The van der Waals surface area contributed by atoms with E-state index in [1.54, 1.807) is 6.07 Å². The Balaban J connectivity index is 1.80. The Labute approximate surface area is 304 Å². The standard InChI is InChI=1S/C37H48N2O10S2/c1-6-25(21-32-36(2,3)28-23-26(50-49-48-44)15-17-30(28)38(32)19-11-7-9-13-34(40)41)22-33-37(4,5)29-24-27(51(45,46)47)16-18-31(29)39(33)20-12-8-10-14-35(42)43/h15-18,21-24H,6-14,19-20H2,1-5H3,(H3-,40,41,42,43,44,45,46,47)/p+1. The number of carboxylic acid groups (broad SMARTS) is 2. The number of aliphatic carboxylic acids is 2. The van der Waals surface area contributed by atoms with Gasteiger partial charge in [-0.3, -0.25) is 14.1 Å². The number of hydrogen-bond donors (Lipinski definition) is 4. The first-order valence-corrected chi connectivity index (χ1v) is 19.4. The van der Waals surface area contributed by atoms with Gasteiger partial charge in [-0.1, -0.05) is 32.2 Å². The number of carboxylic acids is 2. The van der Waals surface area contributed by atoms with Crippen LogP contribution in [0.25, 0.3) is 0 Å². The fourth-order valence-corrected chi connectivity index (χ4v) is 7.93. The van der Waals surface area contributed by atoms with E-state index in [0.29, 0.717) is 38.8 Å². The molecule has 4 rings (SSSR count). The number of nitrogens with zero attached hydrogens (tertiary/aromatic N) is 2. The molecule has 0 saturated heterocycles. The van der Waals surface area contributed by atoms with Crippen LogP contribution in [0.1, 0.15) is 104 Å². The topological polar surface area (TPSA) is 174 Å². The maximum absolute atomic E-state index is 12.1. The fourth-order valence-electron chi connectivity index (χ4n) is 7.02. The van der Waals surface area contributed by atoms with E-state index in [1.807, 2.05) is 32.0 Å². The molecule has 2 aromatic carbocycles. The normalized spacial score (nSPS) is 17.3. The van der Waals surface area contributed by atoms with Crippen molar-refractivity contribution in [2.45, 2.75) is 113 Å². The van der Waals surface area contributed by atoms with E-state index in [1.165, 1.54) is 12.1 Å². The van der Waals surface area contributed by atoms with Crippen molar-refractivity contribution in [3.8, 4) is 0 Å². The molecule has 14 heteroatoms. The number of carbonyl (C=O) groups is 2. The van der Waals surface area contributed by atoms with Crippen LogP contribution in [0.3, 0.4) is 0 Å². The van der Waals surface area contributed by atoms with Crippen molar-refractivity contribution >= 4 is 51.2 Å². The largest absolute Gasteiger partial charge is 0.481 e. The van der Waals surface area contributed by atoms with Gasteiger partial charge in [0.2, 0.25) is 5.69 Å². The number of benzene rings is 2. The summed E-state index contributed by atoms with van der Waals surface area (Å²) in [7, 11) is -4.43. The second-order valence-electron chi connectivity index (χ2n) is 14.0. The van der Waals surface area contributed by atoms with Gasteiger partial charge in [0, 0.05) is 65.2 Å². The summed E-state index contributed by atoms with van der Waals surface area (Å²) in [5.41, 5.74) is 5.68. The van der Waals surface area contributed by atoms with Crippen LogP contribution >= 0.6 is 12.0 Å². The highest BCUT2D eigenvalue weighted by Crippen LogP contribution is 2.49. The van der Waals surface area contributed by atoms with Crippen molar-refractivity contribution in [2.24, 2.45) is 0 Å². The van der Waals surface area contributed by atoms with Crippen LogP contribution in [-0.2, 0) is 39.9 Å². The lowest BCUT2D eigenvalue weighted by molar-refractivity contribution is -0.438. The van der Waals surface area contributed by atoms with Gasteiger partial charge in [-0.05, 0) is 93.5 Å². The molecule has 0 aromatic heterocycles. The Hall–Kier alpha value is -3.53. The molecule has 0 spiro atoms. The maximum Gasteiger partial charge on any atom is 0.303 e. The second-order valence-corrected chi connectivity index (χ2v) is 16.2. The number of hydrogen-bond acceptors (Lipinski definition) is 9. The molecular formula is C37H49N2O10S2+. The Kier molecular flexibility index (Phi) is 13.3. The lowest BCUT2D eigenvalue weighted by atomic mass is 9.80. The van der Waals surface area contributed by atoms with Crippen molar-refractivity contribution in [1.82, 2.24) is 0 Å².